The van der Waals surface area contributed by atoms with Crippen LogP contribution in [0.25, 0.3) is 0 Å². The molecule has 0 saturated heterocycles. The largest absolute Gasteiger partial charge is 0.487 e. The van der Waals surface area contributed by atoms with E-state index in [4.69, 9.17) is 4.74 Å². The maximum Gasteiger partial charge on any atom is 0.124 e. The summed E-state index contributed by atoms with van der Waals surface area (Å²) < 4.78 is 6.07. The van der Waals surface area contributed by atoms with Crippen LogP contribution in [0.2, 0.25) is 0 Å². The van der Waals surface area contributed by atoms with Gasteiger partial charge in [0.2, 0.25) is 0 Å². The molecule has 18 heavy (non-hydrogen) atoms. The van der Waals surface area contributed by atoms with Crippen LogP contribution in [-0.4, -0.2) is 11.6 Å². The van der Waals surface area contributed by atoms with Crippen LogP contribution in [0.4, 0.5) is 0 Å². The Morgan fingerprint density at radius 2 is 2.00 bits per heavy atom. The van der Waals surface area contributed by atoms with Gasteiger partial charge in [-0.1, -0.05) is 18.2 Å². The van der Waals surface area contributed by atoms with Gasteiger partial charge in [-0.3, -0.25) is 0 Å². The molecule has 0 bridgehead atoms. The molecule has 2 atom stereocenters. The summed E-state index contributed by atoms with van der Waals surface area (Å²) in [5.74, 6) is 1.94. The molecule has 1 aromatic carbocycles. The van der Waals surface area contributed by atoms with Crippen LogP contribution in [0.15, 0.2) is 24.3 Å². The number of hydrogen-bond acceptors (Lipinski definition) is 2. The first-order chi connectivity index (χ1) is 8.55. The summed E-state index contributed by atoms with van der Waals surface area (Å²) >= 11 is 0. The van der Waals surface area contributed by atoms with E-state index in [1.54, 1.807) is 0 Å². The summed E-state index contributed by atoms with van der Waals surface area (Å²) in [6.45, 7) is 6.68. The Hall–Kier alpha value is -1.02. The summed E-state index contributed by atoms with van der Waals surface area (Å²) in [4.78, 5) is 0. The topological polar surface area (TPSA) is 21.3 Å². The molecule has 2 heteroatoms. The molecule has 1 aliphatic heterocycles. The van der Waals surface area contributed by atoms with E-state index in [0.717, 1.165) is 18.1 Å². The smallest absolute Gasteiger partial charge is 0.124 e. The zero-order chi connectivity index (χ0) is 12.8. The molecule has 1 heterocycles. The highest BCUT2D eigenvalue weighted by Gasteiger charge is 2.36. The van der Waals surface area contributed by atoms with Crippen molar-refractivity contribution in [2.75, 3.05) is 0 Å². The highest BCUT2D eigenvalue weighted by atomic mass is 16.5. The van der Waals surface area contributed by atoms with Crippen molar-refractivity contribution >= 4 is 0 Å². The van der Waals surface area contributed by atoms with Gasteiger partial charge in [-0.05, 0) is 45.6 Å². The lowest BCUT2D eigenvalue weighted by atomic mass is 9.89. The number of rotatable bonds is 3. The van der Waals surface area contributed by atoms with Crippen LogP contribution < -0.4 is 10.1 Å². The quantitative estimate of drug-likeness (QED) is 0.877. The lowest BCUT2D eigenvalue weighted by Crippen LogP contribution is -2.42. The fraction of sp³-hybridized carbons (Fsp3) is 0.625. The number of fused-ring (bicyclic) bond motifs is 1. The van der Waals surface area contributed by atoms with Crippen LogP contribution in [0, 0.1) is 5.92 Å². The third kappa shape index (κ3) is 2.39. The SMILES string of the molecule is CC(NC1CC(C)(C)Oc2ccccc21)C1CC1. The first kappa shape index (κ1) is 12.0. The Morgan fingerprint density at radius 3 is 2.72 bits per heavy atom. The van der Waals surface area contributed by atoms with Gasteiger partial charge < -0.3 is 10.1 Å². The Kier molecular flexibility index (Phi) is 2.86. The number of ether oxygens (including phenoxy) is 1. The van der Waals surface area contributed by atoms with E-state index in [2.05, 4.69) is 50.4 Å². The van der Waals surface area contributed by atoms with E-state index >= 15 is 0 Å². The van der Waals surface area contributed by atoms with Crippen molar-refractivity contribution in [3.05, 3.63) is 29.8 Å². The van der Waals surface area contributed by atoms with Crippen LogP contribution in [0.1, 0.15) is 51.6 Å². The lowest BCUT2D eigenvalue weighted by Gasteiger charge is -2.39. The van der Waals surface area contributed by atoms with Gasteiger partial charge in [0.05, 0.1) is 0 Å². The molecule has 1 fully saturated rings. The summed E-state index contributed by atoms with van der Waals surface area (Å²) in [5, 5.41) is 3.81. The van der Waals surface area contributed by atoms with Gasteiger partial charge in [0.1, 0.15) is 11.4 Å². The van der Waals surface area contributed by atoms with Crippen LogP contribution in [-0.2, 0) is 0 Å². The van der Waals surface area contributed by atoms with Crippen molar-refractivity contribution in [2.45, 2.75) is 57.7 Å². The van der Waals surface area contributed by atoms with E-state index in [-0.39, 0.29) is 5.60 Å². The Morgan fingerprint density at radius 1 is 1.28 bits per heavy atom. The molecule has 2 aliphatic rings. The standard InChI is InChI=1S/C16H23NO/c1-11(12-8-9-12)17-14-10-16(2,3)18-15-7-5-4-6-13(14)15/h4-7,11-12,14,17H,8-10H2,1-3H3. The third-order valence-electron chi connectivity index (χ3n) is 4.17. The molecule has 1 saturated carbocycles. The van der Waals surface area contributed by atoms with Gasteiger partial charge in [0.25, 0.3) is 0 Å². The second kappa shape index (κ2) is 4.27. The molecule has 2 nitrogen and oxygen atoms in total. The molecule has 0 radical (unpaired) electrons. The minimum Gasteiger partial charge on any atom is -0.487 e. The lowest BCUT2D eigenvalue weighted by molar-refractivity contribution is 0.0635. The zero-order valence-corrected chi connectivity index (χ0v) is 11.6. The first-order valence-electron chi connectivity index (χ1n) is 7.09. The molecule has 0 aromatic heterocycles. The van der Waals surface area contributed by atoms with Crippen LogP contribution in [0.3, 0.4) is 0 Å². The molecule has 1 N–H and O–H groups in total. The van der Waals surface area contributed by atoms with E-state index in [1.807, 2.05) is 0 Å². The average Bonchev–Trinajstić information content (AvgIpc) is 3.11. The van der Waals surface area contributed by atoms with E-state index in [9.17, 15) is 0 Å². The fourth-order valence-electron chi connectivity index (χ4n) is 3.00. The molecule has 3 rings (SSSR count). The van der Waals surface area contributed by atoms with Gasteiger partial charge in [-0.15, -0.1) is 0 Å². The predicted molar refractivity (Wildman–Crippen MR) is 73.8 cm³/mol. The van der Waals surface area contributed by atoms with Crippen molar-refractivity contribution in [1.82, 2.24) is 5.32 Å². The second-order valence-electron chi connectivity index (χ2n) is 6.45. The molecule has 98 valence electrons. The van der Waals surface area contributed by atoms with Gasteiger partial charge in [0, 0.05) is 24.1 Å². The van der Waals surface area contributed by atoms with Crippen LogP contribution in [0.5, 0.6) is 5.75 Å². The molecular weight excluding hydrogens is 222 g/mol. The van der Waals surface area contributed by atoms with E-state index < -0.39 is 0 Å². The first-order valence-corrected chi connectivity index (χ1v) is 7.09. The van der Waals surface area contributed by atoms with Crippen molar-refractivity contribution < 1.29 is 4.74 Å². The molecule has 0 spiro atoms. The van der Waals surface area contributed by atoms with E-state index in [0.29, 0.717) is 12.1 Å². The Bertz CT molecular complexity index is 436. The van der Waals surface area contributed by atoms with Gasteiger partial charge >= 0.3 is 0 Å². The van der Waals surface area contributed by atoms with Crippen LogP contribution >= 0.6 is 0 Å². The van der Waals surface area contributed by atoms with Crippen molar-refractivity contribution in [3.8, 4) is 5.75 Å². The molecule has 1 aliphatic carbocycles. The monoisotopic (exact) mass is 245 g/mol. The normalized spacial score (nSPS) is 27.2. The fourth-order valence-corrected chi connectivity index (χ4v) is 3.00. The van der Waals surface area contributed by atoms with Crippen molar-refractivity contribution in [1.29, 1.82) is 0 Å². The highest BCUT2D eigenvalue weighted by Crippen LogP contribution is 2.41. The summed E-state index contributed by atoms with van der Waals surface area (Å²) in [6, 6.07) is 9.50. The van der Waals surface area contributed by atoms with E-state index in [1.165, 1.54) is 18.4 Å². The highest BCUT2D eigenvalue weighted by molar-refractivity contribution is 5.38. The second-order valence-corrected chi connectivity index (χ2v) is 6.45. The number of hydrogen-bond donors (Lipinski definition) is 1. The van der Waals surface area contributed by atoms with Crippen molar-refractivity contribution in [3.63, 3.8) is 0 Å². The predicted octanol–water partition coefficient (Wildman–Crippen LogP) is 3.68. The maximum absolute atomic E-state index is 6.07. The van der Waals surface area contributed by atoms with Gasteiger partial charge in [-0.2, -0.15) is 0 Å². The summed E-state index contributed by atoms with van der Waals surface area (Å²) in [5.41, 5.74) is 1.25. The van der Waals surface area contributed by atoms with Crippen molar-refractivity contribution in [2.24, 2.45) is 5.92 Å². The zero-order valence-electron chi connectivity index (χ0n) is 11.6. The van der Waals surface area contributed by atoms with Gasteiger partial charge in [-0.25, -0.2) is 0 Å². The number of para-hydroxylation sites is 1. The molecule has 1 aromatic rings. The Balaban J connectivity index is 1.83. The summed E-state index contributed by atoms with van der Waals surface area (Å²) in [6.07, 6.45) is 3.83. The number of nitrogens with one attached hydrogen (secondary N) is 1. The molecule has 0 amide bonds. The number of benzene rings is 1. The van der Waals surface area contributed by atoms with Gasteiger partial charge in [0.15, 0.2) is 0 Å². The average molecular weight is 245 g/mol. The minimum atomic E-state index is -0.0741. The summed E-state index contributed by atoms with van der Waals surface area (Å²) in [7, 11) is 0. The Labute approximate surface area is 110 Å². The maximum atomic E-state index is 6.07. The minimum absolute atomic E-state index is 0.0741. The third-order valence-corrected chi connectivity index (χ3v) is 4.17. The molecular formula is C16H23NO. The molecule has 2 unspecified atom stereocenters.